The predicted octanol–water partition coefficient (Wildman–Crippen LogP) is 4.71. The van der Waals surface area contributed by atoms with Crippen LogP contribution in [-0.2, 0) is 0 Å². The van der Waals surface area contributed by atoms with E-state index in [4.69, 9.17) is 0 Å². The highest BCUT2D eigenvalue weighted by molar-refractivity contribution is 6.08. The molecule has 2 N–H and O–H groups in total. The number of pyridine rings is 1. The molecule has 0 aliphatic carbocycles. The Morgan fingerprint density at radius 1 is 0.879 bits per heavy atom. The van der Waals surface area contributed by atoms with Crippen LogP contribution in [-0.4, -0.2) is 32.1 Å². The predicted molar refractivity (Wildman–Crippen MR) is 128 cm³/mol. The summed E-state index contributed by atoms with van der Waals surface area (Å²) in [6.45, 7) is 5.78. The van der Waals surface area contributed by atoms with E-state index in [1.807, 2.05) is 57.2 Å². The Balaban J connectivity index is 1.60. The van der Waals surface area contributed by atoms with Crippen molar-refractivity contribution in [1.82, 2.24) is 20.1 Å². The number of anilines is 1. The minimum atomic E-state index is -0.328. The summed E-state index contributed by atoms with van der Waals surface area (Å²) >= 11 is 0. The molecule has 7 heteroatoms. The van der Waals surface area contributed by atoms with E-state index < -0.39 is 0 Å². The van der Waals surface area contributed by atoms with Gasteiger partial charge in [-0.15, -0.1) is 0 Å². The molecular formula is C26H25N5O2. The normalized spacial score (nSPS) is 11.1. The molecular weight excluding hydrogens is 414 g/mol. The smallest absolute Gasteiger partial charge is 0.259 e. The van der Waals surface area contributed by atoms with Crippen molar-refractivity contribution in [2.45, 2.75) is 26.3 Å². The summed E-state index contributed by atoms with van der Waals surface area (Å²) in [7, 11) is 0. The molecule has 2 aromatic heterocycles. The zero-order chi connectivity index (χ0) is 23.4. The maximum Gasteiger partial charge on any atom is 0.259 e. The van der Waals surface area contributed by atoms with Gasteiger partial charge < -0.3 is 10.6 Å². The first kappa shape index (κ1) is 22.0. The van der Waals surface area contributed by atoms with E-state index in [1.54, 1.807) is 53.6 Å². The molecule has 2 aromatic carbocycles. The zero-order valence-corrected chi connectivity index (χ0v) is 18.7. The van der Waals surface area contributed by atoms with Crippen LogP contribution < -0.4 is 10.6 Å². The number of amides is 2. The number of aromatic nitrogens is 3. The van der Waals surface area contributed by atoms with Crippen molar-refractivity contribution in [3.05, 3.63) is 96.4 Å². The van der Waals surface area contributed by atoms with Crippen molar-refractivity contribution in [1.29, 1.82) is 0 Å². The van der Waals surface area contributed by atoms with E-state index in [1.165, 1.54) is 0 Å². The standard InChI is InChI=1S/C26H25N5O2/c1-26(2,3)29-24(32)18-11-13-20(14-12-18)28-25(33)22-17-31(21-9-5-4-6-10-21)30-23(22)19-8-7-15-27-16-19/h4-17H,1-3H3,(H,28,33)(H,29,32). The van der Waals surface area contributed by atoms with Gasteiger partial charge in [-0.25, -0.2) is 4.68 Å². The van der Waals surface area contributed by atoms with Crippen LogP contribution in [0, 0.1) is 0 Å². The number of benzene rings is 2. The molecule has 2 heterocycles. The second kappa shape index (κ2) is 9.08. The van der Waals surface area contributed by atoms with Crippen LogP contribution in [0.1, 0.15) is 41.5 Å². The van der Waals surface area contributed by atoms with Crippen LogP contribution in [0.15, 0.2) is 85.3 Å². The van der Waals surface area contributed by atoms with Crippen LogP contribution in [0.2, 0.25) is 0 Å². The number of nitrogens with zero attached hydrogens (tertiary/aromatic N) is 3. The number of hydrogen-bond donors (Lipinski definition) is 2. The van der Waals surface area contributed by atoms with Crippen LogP contribution in [0.4, 0.5) is 5.69 Å². The van der Waals surface area contributed by atoms with Gasteiger partial charge in [-0.05, 0) is 69.3 Å². The van der Waals surface area contributed by atoms with Gasteiger partial charge in [-0.1, -0.05) is 18.2 Å². The van der Waals surface area contributed by atoms with E-state index in [0.717, 1.165) is 11.3 Å². The van der Waals surface area contributed by atoms with Crippen LogP contribution in [0.5, 0.6) is 0 Å². The third kappa shape index (κ3) is 5.33. The Kier molecular flexibility index (Phi) is 6.04. The Morgan fingerprint density at radius 2 is 1.61 bits per heavy atom. The van der Waals surface area contributed by atoms with Crippen LogP contribution >= 0.6 is 0 Å². The molecule has 0 bridgehead atoms. The molecule has 7 nitrogen and oxygen atoms in total. The number of para-hydroxylation sites is 1. The molecule has 0 fully saturated rings. The van der Waals surface area contributed by atoms with E-state index in [-0.39, 0.29) is 17.4 Å². The van der Waals surface area contributed by atoms with Crippen molar-refractivity contribution in [3.63, 3.8) is 0 Å². The van der Waals surface area contributed by atoms with E-state index in [2.05, 4.69) is 20.7 Å². The molecule has 4 aromatic rings. The molecule has 0 aliphatic heterocycles. The highest BCUT2D eigenvalue weighted by Crippen LogP contribution is 2.24. The SMILES string of the molecule is CC(C)(C)NC(=O)c1ccc(NC(=O)c2cn(-c3ccccc3)nc2-c2cccnc2)cc1. The van der Waals surface area contributed by atoms with E-state index in [0.29, 0.717) is 22.5 Å². The topological polar surface area (TPSA) is 88.9 Å². The van der Waals surface area contributed by atoms with E-state index in [9.17, 15) is 9.59 Å². The van der Waals surface area contributed by atoms with Gasteiger partial charge in [-0.3, -0.25) is 14.6 Å². The van der Waals surface area contributed by atoms with Crippen molar-refractivity contribution in [2.24, 2.45) is 0 Å². The van der Waals surface area contributed by atoms with Gasteiger partial charge in [0, 0.05) is 40.9 Å². The van der Waals surface area contributed by atoms with Crippen molar-refractivity contribution in [2.75, 3.05) is 5.32 Å². The van der Waals surface area contributed by atoms with Crippen LogP contribution in [0.3, 0.4) is 0 Å². The average Bonchev–Trinajstić information content (AvgIpc) is 3.25. The van der Waals surface area contributed by atoms with Gasteiger partial charge in [0.15, 0.2) is 0 Å². The first-order valence-corrected chi connectivity index (χ1v) is 10.6. The largest absolute Gasteiger partial charge is 0.347 e. The number of nitrogens with one attached hydrogen (secondary N) is 2. The Labute approximate surface area is 192 Å². The Hall–Kier alpha value is -4.26. The van der Waals surface area contributed by atoms with Crippen molar-refractivity contribution >= 4 is 17.5 Å². The highest BCUT2D eigenvalue weighted by atomic mass is 16.2. The summed E-state index contributed by atoms with van der Waals surface area (Å²) in [5, 5.41) is 10.5. The number of rotatable bonds is 5. The van der Waals surface area contributed by atoms with Crippen LogP contribution in [0.25, 0.3) is 16.9 Å². The maximum absolute atomic E-state index is 13.2. The molecule has 0 atom stereocenters. The number of carbonyl (C=O) groups excluding carboxylic acids is 2. The summed E-state index contributed by atoms with van der Waals surface area (Å²) in [6, 6.07) is 20.1. The molecule has 0 unspecified atom stereocenters. The lowest BCUT2D eigenvalue weighted by molar-refractivity contribution is 0.0919. The molecule has 0 spiro atoms. The summed E-state index contributed by atoms with van der Waals surface area (Å²) in [4.78, 5) is 29.7. The third-order valence-corrected chi connectivity index (χ3v) is 4.81. The van der Waals surface area contributed by atoms with Crippen molar-refractivity contribution < 1.29 is 9.59 Å². The Morgan fingerprint density at radius 3 is 2.24 bits per heavy atom. The summed E-state index contributed by atoms with van der Waals surface area (Å²) < 4.78 is 1.68. The fraction of sp³-hybridized carbons (Fsp3) is 0.154. The van der Waals surface area contributed by atoms with Gasteiger partial charge >= 0.3 is 0 Å². The molecule has 0 saturated heterocycles. The Bertz CT molecular complexity index is 1260. The number of hydrogen-bond acceptors (Lipinski definition) is 4. The second-order valence-electron chi connectivity index (χ2n) is 8.65. The first-order valence-electron chi connectivity index (χ1n) is 10.6. The molecule has 0 radical (unpaired) electrons. The molecule has 2 amide bonds. The maximum atomic E-state index is 13.2. The van der Waals surface area contributed by atoms with Gasteiger partial charge in [0.2, 0.25) is 0 Å². The zero-order valence-electron chi connectivity index (χ0n) is 18.7. The first-order chi connectivity index (χ1) is 15.8. The molecule has 4 rings (SSSR count). The summed E-state index contributed by atoms with van der Waals surface area (Å²) in [6.07, 6.45) is 5.06. The summed E-state index contributed by atoms with van der Waals surface area (Å²) in [5.41, 5.74) is 3.31. The molecule has 0 saturated carbocycles. The van der Waals surface area contributed by atoms with Gasteiger partial charge in [-0.2, -0.15) is 5.10 Å². The summed E-state index contributed by atoms with van der Waals surface area (Å²) in [5.74, 6) is -0.466. The lowest BCUT2D eigenvalue weighted by atomic mass is 10.1. The highest BCUT2D eigenvalue weighted by Gasteiger charge is 2.20. The second-order valence-corrected chi connectivity index (χ2v) is 8.65. The number of carbonyl (C=O) groups is 2. The van der Waals surface area contributed by atoms with Gasteiger partial charge in [0.25, 0.3) is 11.8 Å². The van der Waals surface area contributed by atoms with Crippen molar-refractivity contribution in [3.8, 4) is 16.9 Å². The van der Waals surface area contributed by atoms with Gasteiger partial charge in [0.1, 0.15) is 5.69 Å². The average molecular weight is 440 g/mol. The van der Waals surface area contributed by atoms with E-state index >= 15 is 0 Å². The van der Waals surface area contributed by atoms with Gasteiger partial charge in [0.05, 0.1) is 11.3 Å². The lowest BCUT2D eigenvalue weighted by Gasteiger charge is -2.20. The fourth-order valence-electron chi connectivity index (χ4n) is 3.29. The third-order valence-electron chi connectivity index (χ3n) is 4.81. The molecule has 166 valence electrons. The lowest BCUT2D eigenvalue weighted by Crippen LogP contribution is -2.40. The monoisotopic (exact) mass is 439 g/mol. The molecule has 0 aliphatic rings. The quantitative estimate of drug-likeness (QED) is 0.471. The molecule has 33 heavy (non-hydrogen) atoms. The minimum Gasteiger partial charge on any atom is -0.347 e. The minimum absolute atomic E-state index is 0.164. The fourth-order valence-corrected chi connectivity index (χ4v) is 3.29.